The fourth-order valence-electron chi connectivity index (χ4n) is 2.35. The lowest BCUT2D eigenvalue weighted by Gasteiger charge is -2.42. The summed E-state index contributed by atoms with van der Waals surface area (Å²) in [4.78, 5) is 6.45. The molecule has 1 aromatic rings. The summed E-state index contributed by atoms with van der Waals surface area (Å²) in [5.41, 5.74) is 0.416. The molecule has 0 bridgehead atoms. The van der Waals surface area contributed by atoms with Crippen molar-refractivity contribution in [2.75, 3.05) is 18.0 Å². The maximum atomic E-state index is 9.10. The first-order valence-corrected chi connectivity index (χ1v) is 5.80. The Morgan fingerprint density at radius 3 is 3.00 bits per heavy atom. The summed E-state index contributed by atoms with van der Waals surface area (Å²) in [5, 5.41) is 9.10. The average Bonchev–Trinajstić information content (AvgIpc) is 2.26. The Morgan fingerprint density at radius 1 is 1.59 bits per heavy atom. The van der Waals surface area contributed by atoms with Crippen LogP contribution < -0.4 is 4.90 Å². The van der Waals surface area contributed by atoms with Gasteiger partial charge in [-0.1, -0.05) is 0 Å². The number of anilines is 1. The van der Waals surface area contributed by atoms with Crippen LogP contribution in [-0.4, -0.2) is 29.8 Å². The Balaban J connectivity index is 2.31. The van der Waals surface area contributed by atoms with Crippen LogP contribution in [-0.2, 0) is 4.74 Å². The molecule has 1 atom stereocenters. The average molecular weight is 231 g/mol. The molecule has 2 heterocycles. The van der Waals surface area contributed by atoms with Crippen LogP contribution >= 0.6 is 0 Å². The first kappa shape index (κ1) is 11.9. The van der Waals surface area contributed by atoms with E-state index in [0.29, 0.717) is 5.56 Å². The fourth-order valence-corrected chi connectivity index (χ4v) is 2.35. The van der Waals surface area contributed by atoms with Crippen LogP contribution in [0.2, 0.25) is 0 Å². The van der Waals surface area contributed by atoms with E-state index in [1.165, 1.54) is 0 Å². The molecule has 1 aliphatic rings. The summed E-state index contributed by atoms with van der Waals surface area (Å²) < 4.78 is 5.85. The molecule has 0 aromatic carbocycles. The Labute approximate surface area is 102 Å². The molecule has 4 heteroatoms. The summed E-state index contributed by atoms with van der Waals surface area (Å²) in [6.07, 6.45) is 1.87. The second-order valence-electron chi connectivity index (χ2n) is 5.06. The van der Waals surface area contributed by atoms with Crippen LogP contribution in [0.3, 0.4) is 0 Å². The van der Waals surface area contributed by atoms with Crippen molar-refractivity contribution in [1.82, 2.24) is 4.98 Å². The van der Waals surface area contributed by atoms with Gasteiger partial charge in [0, 0.05) is 19.3 Å². The minimum atomic E-state index is -0.206. The standard InChI is InChI=1S/C13H17N3O/c1-10-8-16(9-13(2,3)17-10)12-11(7-14)5-4-6-15-12/h4-6,10H,8-9H2,1-3H3/t10-/m1/s1. The topological polar surface area (TPSA) is 49.2 Å². The normalized spacial score (nSPS) is 23.2. The molecular formula is C13H17N3O. The largest absolute Gasteiger partial charge is 0.369 e. The van der Waals surface area contributed by atoms with Gasteiger partial charge in [-0.15, -0.1) is 0 Å². The van der Waals surface area contributed by atoms with E-state index in [4.69, 9.17) is 10.00 Å². The Kier molecular flexibility index (Phi) is 3.03. The van der Waals surface area contributed by atoms with Crippen molar-refractivity contribution in [2.45, 2.75) is 32.5 Å². The third-order valence-corrected chi connectivity index (χ3v) is 2.78. The molecule has 1 saturated heterocycles. The lowest BCUT2D eigenvalue weighted by molar-refractivity contribution is -0.0751. The molecular weight excluding hydrogens is 214 g/mol. The zero-order valence-corrected chi connectivity index (χ0v) is 10.5. The van der Waals surface area contributed by atoms with Gasteiger partial charge in [0.1, 0.15) is 11.9 Å². The van der Waals surface area contributed by atoms with Gasteiger partial charge in [-0.3, -0.25) is 0 Å². The molecule has 1 aliphatic heterocycles. The van der Waals surface area contributed by atoms with Crippen molar-refractivity contribution < 1.29 is 4.74 Å². The maximum Gasteiger partial charge on any atom is 0.146 e. The van der Waals surface area contributed by atoms with Crippen molar-refractivity contribution in [2.24, 2.45) is 0 Å². The molecule has 0 spiro atoms. The third-order valence-electron chi connectivity index (χ3n) is 2.78. The van der Waals surface area contributed by atoms with E-state index < -0.39 is 0 Å². The number of aromatic nitrogens is 1. The highest BCUT2D eigenvalue weighted by Crippen LogP contribution is 2.26. The number of nitriles is 1. The quantitative estimate of drug-likeness (QED) is 0.741. The monoisotopic (exact) mass is 231 g/mol. The Morgan fingerprint density at radius 2 is 2.35 bits per heavy atom. The van der Waals surface area contributed by atoms with Gasteiger partial charge in [0.25, 0.3) is 0 Å². The van der Waals surface area contributed by atoms with Crippen LogP contribution in [0.1, 0.15) is 26.3 Å². The van der Waals surface area contributed by atoms with Crippen molar-refractivity contribution in [3.63, 3.8) is 0 Å². The number of hydrogen-bond acceptors (Lipinski definition) is 4. The molecule has 17 heavy (non-hydrogen) atoms. The fraction of sp³-hybridized carbons (Fsp3) is 0.538. The van der Waals surface area contributed by atoms with Gasteiger partial charge >= 0.3 is 0 Å². The van der Waals surface area contributed by atoms with Crippen molar-refractivity contribution in [3.8, 4) is 6.07 Å². The molecule has 0 saturated carbocycles. The van der Waals surface area contributed by atoms with Crippen LogP contribution in [0.5, 0.6) is 0 Å². The van der Waals surface area contributed by atoms with Crippen molar-refractivity contribution in [3.05, 3.63) is 23.9 Å². The van der Waals surface area contributed by atoms with E-state index in [2.05, 4.69) is 29.8 Å². The molecule has 0 amide bonds. The van der Waals surface area contributed by atoms with Gasteiger partial charge in [-0.2, -0.15) is 5.26 Å². The second kappa shape index (κ2) is 4.34. The number of nitrogens with zero attached hydrogens (tertiary/aromatic N) is 3. The molecule has 1 fully saturated rings. The first-order chi connectivity index (χ1) is 8.02. The van der Waals surface area contributed by atoms with E-state index in [1.807, 2.05) is 6.92 Å². The van der Waals surface area contributed by atoms with Crippen LogP contribution in [0.4, 0.5) is 5.82 Å². The molecule has 0 aliphatic carbocycles. The van der Waals surface area contributed by atoms with E-state index in [0.717, 1.165) is 18.9 Å². The highest BCUT2D eigenvalue weighted by molar-refractivity contribution is 5.54. The Hall–Kier alpha value is -1.60. The minimum Gasteiger partial charge on any atom is -0.369 e. The van der Waals surface area contributed by atoms with Gasteiger partial charge in [0.15, 0.2) is 0 Å². The summed E-state index contributed by atoms with van der Waals surface area (Å²) in [7, 11) is 0. The number of morpholine rings is 1. The van der Waals surface area contributed by atoms with E-state index >= 15 is 0 Å². The zero-order valence-electron chi connectivity index (χ0n) is 10.5. The van der Waals surface area contributed by atoms with E-state index in [1.54, 1.807) is 18.3 Å². The van der Waals surface area contributed by atoms with Crippen LogP contribution in [0.25, 0.3) is 0 Å². The smallest absolute Gasteiger partial charge is 0.146 e. The lowest BCUT2D eigenvalue weighted by atomic mass is 10.0. The van der Waals surface area contributed by atoms with Crippen LogP contribution in [0.15, 0.2) is 18.3 Å². The summed E-state index contributed by atoms with van der Waals surface area (Å²) in [5.74, 6) is 0.762. The van der Waals surface area contributed by atoms with Crippen molar-refractivity contribution >= 4 is 5.82 Å². The lowest BCUT2D eigenvalue weighted by Crippen LogP contribution is -2.52. The molecule has 90 valence electrons. The number of hydrogen-bond donors (Lipinski definition) is 0. The highest BCUT2D eigenvalue weighted by Gasteiger charge is 2.32. The zero-order chi connectivity index (χ0) is 12.5. The first-order valence-electron chi connectivity index (χ1n) is 5.80. The van der Waals surface area contributed by atoms with Gasteiger partial charge in [-0.05, 0) is 32.9 Å². The van der Waals surface area contributed by atoms with E-state index in [9.17, 15) is 0 Å². The number of pyridine rings is 1. The molecule has 0 radical (unpaired) electrons. The predicted octanol–water partition coefficient (Wildman–Crippen LogP) is 1.96. The molecule has 0 N–H and O–H groups in total. The van der Waals surface area contributed by atoms with Gasteiger partial charge in [0.2, 0.25) is 0 Å². The summed E-state index contributed by atoms with van der Waals surface area (Å²) in [6.45, 7) is 7.69. The molecule has 4 nitrogen and oxygen atoms in total. The highest BCUT2D eigenvalue weighted by atomic mass is 16.5. The second-order valence-corrected chi connectivity index (χ2v) is 5.06. The number of rotatable bonds is 1. The van der Waals surface area contributed by atoms with Gasteiger partial charge < -0.3 is 9.64 Å². The minimum absolute atomic E-state index is 0.146. The summed E-state index contributed by atoms with van der Waals surface area (Å²) >= 11 is 0. The van der Waals surface area contributed by atoms with Gasteiger partial charge in [-0.25, -0.2) is 4.98 Å². The van der Waals surface area contributed by atoms with E-state index in [-0.39, 0.29) is 11.7 Å². The maximum absolute atomic E-state index is 9.10. The molecule has 0 unspecified atom stereocenters. The molecule has 2 rings (SSSR count). The SMILES string of the molecule is C[C@@H]1CN(c2ncccc2C#N)CC(C)(C)O1. The third kappa shape index (κ3) is 2.56. The van der Waals surface area contributed by atoms with Crippen LogP contribution in [0, 0.1) is 11.3 Å². The predicted molar refractivity (Wildman–Crippen MR) is 65.8 cm³/mol. The van der Waals surface area contributed by atoms with Gasteiger partial charge in [0.05, 0.1) is 17.3 Å². The summed E-state index contributed by atoms with van der Waals surface area (Å²) in [6, 6.07) is 5.78. The molecule has 1 aromatic heterocycles. The Bertz CT molecular complexity index is 450. The number of ether oxygens (including phenoxy) is 1. The van der Waals surface area contributed by atoms with Crippen molar-refractivity contribution in [1.29, 1.82) is 5.26 Å².